The SMILES string of the molecule is C=C[C@H]([C@H](C)/C=C(\[O-])c1ccccc1)[S@@](=O)(=NS(=O)(=O)c1ccc(C)cc1)c1ccccc1. The van der Waals surface area contributed by atoms with Gasteiger partial charge in [-0.1, -0.05) is 85.3 Å². The number of rotatable bonds is 8. The van der Waals surface area contributed by atoms with Gasteiger partial charge in [-0.3, -0.25) is 0 Å². The van der Waals surface area contributed by atoms with Crippen molar-refractivity contribution in [3.8, 4) is 0 Å². The molecule has 0 spiro atoms. The molecule has 0 saturated heterocycles. The molecule has 33 heavy (non-hydrogen) atoms. The number of nitrogens with zero attached hydrogens (tertiary/aromatic N) is 1. The summed E-state index contributed by atoms with van der Waals surface area (Å²) in [6.45, 7) is 7.36. The molecule has 0 aliphatic heterocycles. The zero-order chi connectivity index (χ0) is 24.1. The summed E-state index contributed by atoms with van der Waals surface area (Å²) in [5.41, 5.74) is 1.38. The molecule has 3 rings (SSSR count). The second kappa shape index (κ2) is 10.2. The van der Waals surface area contributed by atoms with E-state index in [-0.39, 0.29) is 15.6 Å². The number of benzene rings is 3. The highest BCUT2D eigenvalue weighted by molar-refractivity contribution is 8.03. The van der Waals surface area contributed by atoms with Crippen LogP contribution in [0.2, 0.25) is 0 Å². The molecule has 0 heterocycles. The van der Waals surface area contributed by atoms with Gasteiger partial charge in [-0.05, 0) is 42.7 Å². The fraction of sp³-hybridized carbons (Fsp3) is 0.154. The highest BCUT2D eigenvalue weighted by Crippen LogP contribution is 2.30. The fourth-order valence-electron chi connectivity index (χ4n) is 3.43. The molecule has 172 valence electrons. The van der Waals surface area contributed by atoms with Crippen LogP contribution in [0.1, 0.15) is 18.1 Å². The van der Waals surface area contributed by atoms with Crippen molar-refractivity contribution >= 4 is 25.5 Å². The van der Waals surface area contributed by atoms with Crippen molar-refractivity contribution in [3.63, 3.8) is 0 Å². The zero-order valence-corrected chi connectivity index (χ0v) is 20.1. The van der Waals surface area contributed by atoms with Gasteiger partial charge in [0.1, 0.15) is 0 Å². The van der Waals surface area contributed by atoms with E-state index in [2.05, 4.69) is 10.3 Å². The number of hydrogen-bond donors (Lipinski definition) is 0. The average molecular weight is 481 g/mol. The van der Waals surface area contributed by atoms with Gasteiger partial charge in [0.25, 0.3) is 10.0 Å². The van der Waals surface area contributed by atoms with E-state index in [0.717, 1.165) is 5.56 Å². The van der Waals surface area contributed by atoms with Crippen molar-refractivity contribution < 1.29 is 17.7 Å². The summed E-state index contributed by atoms with van der Waals surface area (Å²) < 4.78 is 44.7. The smallest absolute Gasteiger partial charge is 0.290 e. The summed E-state index contributed by atoms with van der Waals surface area (Å²) >= 11 is 0. The first-order chi connectivity index (χ1) is 15.7. The van der Waals surface area contributed by atoms with Gasteiger partial charge in [0, 0.05) is 4.90 Å². The lowest BCUT2D eigenvalue weighted by Crippen LogP contribution is -2.27. The topological polar surface area (TPSA) is 86.6 Å². The van der Waals surface area contributed by atoms with Crippen LogP contribution in [0.15, 0.2) is 117 Å². The molecule has 3 atom stereocenters. The minimum Gasteiger partial charge on any atom is -0.872 e. The maximum Gasteiger partial charge on any atom is 0.290 e. The zero-order valence-electron chi connectivity index (χ0n) is 18.5. The van der Waals surface area contributed by atoms with Gasteiger partial charge in [0.2, 0.25) is 0 Å². The number of hydrogen-bond acceptors (Lipinski definition) is 4. The van der Waals surface area contributed by atoms with Crippen LogP contribution in [-0.2, 0) is 19.8 Å². The Kier molecular flexibility index (Phi) is 7.56. The van der Waals surface area contributed by atoms with Crippen molar-refractivity contribution in [2.24, 2.45) is 9.69 Å². The molecule has 0 aromatic heterocycles. The lowest BCUT2D eigenvalue weighted by molar-refractivity contribution is -0.244. The molecule has 0 aliphatic carbocycles. The normalized spacial score (nSPS) is 15.8. The summed E-state index contributed by atoms with van der Waals surface area (Å²) in [4.78, 5) is 0.217. The van der Waals surface area contributed by atoms with E-state index in [1.807, 2.05) is 13.0 Å². The van der Waals surface area contributed by atoms with Crippen LogP contribution >= 0.6 is 0 Å². The molecule has 0 aliphatic rings. The van der Waals surface area contributed by atoms with Crippen LogP contribution < -0.4 is 5.11 Å². The highest BCUT2D eigenvalue weighted by Gasteiger charge is 2.30. The summed E-state index contributed by atoms with van der Waals surface area (Å²) in [7, 11) is -7.82. The van der Waals surface area contributed by atoms with Crippen LogP contribution in [0.5, 0.6) is 0 Å². The standard InChI is InChI=1S/C26H27NO4S2/c1-4-26(21(3)19-25(28)22-11-7-5-8-12-22)32(29,23-13-9-6-10-14-23)27-33(30,31)24-17-15-20(2)16-18-24/h4-19,21,26,28H,1H2,2-3H3/p-1/b25-19-/t21-,26-,32-/m1/s1. The Morgan fingerprint density at radius 3 is 1.97 bits per heavy atom. The first-order valence-corrected chi connectivity index (χ1v) is 13.4. The second-order valence-electron chi connectivity index (χ2n) is 7.70. The van der Waals surface area contributed by atoms with Gasteiger partial charge >= 0.3 is 0 Å². The molecule has 0 N–H and O–H groups in total. The number of aryl methyl sites for hydroxylation is 1. The molecule has 0 unspecified atom stereocenters. The molecule has 5 nitrogen and oxygen atoms in total. The third-order valence-corrected chi connectivity index (χ3v) is 10.0. The van der Waals surface area contributed by atoms with E-state index in [0.29, 0.717) is 5.56 Å². The number of sulfonamides is 1. The third kappa shape index (κ3) is 5.61. The van der Waals surface area contributed by atoms with Crippen molar-refractivity contribution in [2.75, 3.05) is 0 Å². The highest BCUT2D eigenvalue weighted by atomic mass is 32.3. The van der Waals surface area contributed by atoms with Crippen molar-refractivity contribution in [3.05, 3.63) is 115 Å². The van der Waals surface area contributed by atoms with Gasteiger partial charge in [0.05, 0.1) is 19.9 Å². The van der Waals surface area contributed by atoms with Crippen LogP contribution in [0.4, 0.5) is 0 Å². The Hall–Kier alpha value is -3.16. The van der Waals surface area contributed by atoms with E-state index in [1.165, 1.54) is 24.3 Å². The van der Waals surface area contributed by atoms with Crippen LogP contribution in [0.25, 0.3) is 5.76 Å². The van der Waals surface area contributed by atoms with E-state index in [9.17, 15) is 17.7 Å². The van der Waals surface area contributed by atoms with Crippen molar-refractivity contribution in [1.82, 2.24) is 0 Å². The predicted octanol–water partition coefficient (Wildman–Crippen LogP) is 4.80. The Labute approximate surface area is 196 Å². The average Bonchev–Trinajstić information content (AvgIpc) is 2.80. The number of allylic oxidation sites excluding steroid dienone is 1. The second-order valence-corrected chi connectivity index (χ2v) is 11.9. The van der Waals surface area contributed by atoms with E-state index >= 15 is 0 Å². The summed E-state index contributed by atoms with van der Waals surface area (Å²) in [6.07, 6.45) is 2.86. The first kappa shape index (κ1) is 24.5. The molecule has 0 amide bonds. The fourth-order valence-corrected chi connectivity index (χ4v) is 7.95. The van der Waals surface area contributed by atoms with Crippen molar-refractivity contribution in [1.29, 1.82) is 0 Å². The minimum absolute atomic E-state index is 0.0448. The molecule has 3 aromatic carbocycles. The summed E-state index contributed by atoms with van der Waals surface area (Å²) in [5, 5.41) is 11.8. The lowest BCUT2D eigenvalue weighted by Gasteiger charge is -2.25. The Morgan fingerprint density at radius 2 is 1.42 bits per heavy atom. The molecular weight excluding hydrogens is 454 g/mol. The summed E-state index contributed by atoms with van der Waals surface area (Å²) in [6, 6.07) is 23.2. The molecule has 0 radical (unpaired) electrons. The van der Waals surface area contributed by atoms with Gasteiger partial charge in [-0.15, -0.1) is 16.1 Å². The molecule has 3 aromatic rings. The Balaban J connectivity index is 2.17. The van der Waals surface area contributed by atoms with E-state index in [4.69, 9.17) is 0 Å². The first-order valence-electron chi connectivity index (χ1n) is 10.4. The molecule has 7 heteroatoms. The van der Waals surface area contributed by atoms with Crippen LogP contribution in [0.3, 0.4) is 0 Å². The largest absolute Gasteiger partial charge is 0.872 e. The maximum absolute atomic E-state index is 14.4. The lowest BCUT2D eigenvalue weighted by atomic mass is 10.0. The maximum atomic E-state index is 14.4. The quantitative estimate of drug-likeness (QED) is 0.342. The minimum atomic E-state index is -4.25. The van der Waals surface area contributed by atoms with Gasteiger partial charge < -0.3 is 5.11 Å². The van der Waals surface area contributed by atoms with Gasteiger partial charge in [-0.2, -0.15) is 8.42 Å². The predicted molar refractivity (Wildman–Crippen MR) is 131 cm³/mol. The van der Waals surface area contributed by atoms with E-state index in [1.54, 1.807) is 73.7 Å². The summed E-state index contributed by atoms with van der Waals surface area (Å²) in [5.74, 6) is -0.842. The third-order valence-electron chi connectivity index (χ3n) is 5.20. The molecule has 0 saturated carbocycles. The Bertz CT molecular complexity index is 1350. The Morgan fingerprint density at radius 1 is 0.879 bits per heavy atom. The van der Waals surface area contributed by atoms with Crippen LogP contribution in [-0.4, -0.2) is 17.9 Å². The molecule has 0 bridgehead atoms. The van der Waals surface area contributed by atoms with Crippen LogP contribution in [0, 0.1) is 12.8 Å². The molecular formula is C26H26NO4S2-. The van der Waals surface area contributed by atoms with Crippen molar-refractivity contribution in [2.45, 2.75) is 28.9 Å². The van der Waals surface area contributed by atoms with Gasteiger partial charge in [0.15, 0.2) is 0 Å². The van der Waals surface area contributed by atoms with Gasteiger partial charge in [-0.25, -0.2) is 4.21 Å². The van der Waals surface area contributed by atoms with E-state index < -0.39 is 30.9 Å². The molecule has 0 fully saturated rings. The monoisotopic (exact) mass is 480 g/mol.